The summed E-state index contributed by atoms with van der Waals surface area (Å²) in [4.78, 5) is 36.3. The Hall–Kier alpha value is -4.71. The molecule has 5 rings (SSSR count). The van der Waals surface area contributed by atoms with Crippen molar-refractivity contribution in [1.29, 1.82) is 0 Å². The molecular formula is C28H28N6O5S. The molecule has 0 unspecified atom stereocenters. The van der Waals surface area contributed by atoms with E-state index in [0.29, 0.717) is 11.6 Å². The van der Waals surface area contributed by atoms with Crippen LogP contribution in [-0.2, 0) is 14.6 Å². The zero-order valence-electron chi connectivity index (χ0n) is 21.4. The van der Waals surface area contributed by atoms with Crippen LogP contribution in [0, 0.1) is 0 Å². The molecule has 3 heterocycles. The fourth-order valence-corrected chi connectivity index (χ4v) is 6.39. The van der Waals surface area contributed by atoms with Crippen molar-refractivity contribution in [3.8, 4) is 0 Å². The minimum Gasteiger partial charge on any atom is -0.465 e. The van der Waals surface area contributed by atoms with Crippen molar-refractivity contribution in [2.45, 2.75) is 23.0 Å². The van der Waals surface area contributed by atoms with Crippen molar-refractivity contribution in [2.75, 3.05) is 25.0 Å². The van der Waals surface area contributed by atoms with Gasteiger partial charge in [-0.05, 0) is 54.8 Å². The molecule has 2 aromatic heterocycles. The molecule has 1 fully saturated rings. The molecule has 4 aromatic rings. The van der Waals surface area contributed by atoms with Crippen molar-refractivity contribution < 1.29 is 23.1 Å². The summed E-state index contributed by atoms with van der Waals surface area (Å²) in [7, 11) is -3.59. The maximum Gasteiger partial charge on any atom is 0.405 e. The lowest BCUT2D eigenvalue weighted by Gasteiger charge is -2.31. The number of nitrogens with zero attached hydrogens (tertiary/aromatic N) is 3. The van der Waals surface area contributed by atoms with Crippen molar-refractivity contribution in [3.63, 3.8) is 0 Å². The first-order valence-corrected chi connectivity index (χ1v) is 14.3. The van der Waals surface area contributed by atoms with Crippen molar-refractivity contribution >= 4 is 56.5 Å². The van der Waals surface area contributed by atoms with E-state index in [9.17, 15) is 18.0 Å². The fourth-order valence-electron chi connectivity index (χ4n) is 4.66. The summed E-state index contributed by atoms with van der Waals surface area (Å²) in [5.74, 6) is 0.0178. The molecule has 0 radical (unpaired) electrons. The number of aromatic amines is 1. The highest BCUT2D eigenvalue weighted by molar-refractivity contribution is 7.92. The third-order valence-corrected chi connectivity index (χ3v) is 9.10. The fraction of sp³-hybridized carbons (Fsp3) is 0.214. The minimum atomic E-state index is -3.59. The average molecular weight is 561 g/mol. The van der Waals surface area contributed by atoms with Crippen LogP contribution in [0.1, 0.15) is 24.0 Å². The summed E-state index contributed by atoms with van der Waals surface area (Å²) in [5, 5.41) is 14.3. The lowest BCUT2D eigenvalue weighted by atomic mass is 10.1. The smallest absolute Gasteiger partial charge is 0.405 e. The summed E-state index contributed by atoms with van der Waals surface area (Å²) in [6.07, 6.45) is 8.58. The van der Waals surface area contributed by atoms with Gasteiger partial charge in [0.2, 0.25) is 11.9 Å². The number of amides is 2. The van der Waals surface area contributed by atoms with E-state index in [1.54, 1.807) is 36.7 Å². The van der Waals surface area contributed by atoms with Crippen molar-refractivity contribution in [3.05, 3.63) is 78.2 Å². The van der Waals surface area contributed by atoms with E-state index >= 15 is 0 Å². The minimum absolute atomic E-state index is 0.203. The molecule has 1 saturated heterocycles. The predicted octanol–water partition coefficient (Wildman–Crippen LogP) is 3.90. The summed E-state index contributed by atoms with van der Waals surface area (Å²) in [6.45, 7) is 0.192. The van der Waals surface area contributed by atoms with E-state index in [2.05, 4.69) is 20.3 Å². The normalized spacial score (nSPS) is 14.4. The second kappa shape index (κ2) is 11.6. The third-order valence-electron chi connectivity index (χ3n) is 6.82. The largest absolute Gasteiger partial charge is 0.465 e. The van der Waals surface area contributed by atoms with E-state index in [1.165, 1.54) is 4.90 Å². The number of sulfone groups is 1. The molecule has 11 nitrogen and oxygen atoms in total. The number of piperidine rings is 1. The van der Waals surface area contributed by atoms with Gasteiger partial charge in [-0.1, -0.05) is 24.3 Å². The number of H-pyrrole nitrogens is 1. The Balaban J connectivity index is 1.17. The lowest BCUT2D eigenvalue weighted by molar-refractivity contribution is -0.130. The van der Waals surface area contributed by atoms with Gasteiger partial charge in [0.1, 0.15) is 6.54 Å². The van der Waals surface area contributed by atoms with E-state index in [1.807, 2.05) is 47.9 Å². The van der Waals surface area contributed by atoms with Gasteiger partial charge in [0.15, 0.2) is 9.84 Å². The van der Waals surface area contributed by atoms with Gasteiger partial charge in [-0.15, -0.1) is 0 Å². The molecule has 206 valence electrons. The Morgan fingerprint density at radius 2 is 1.75 bits per heavy atom. The molecule has 40 heavy (non-hydrogen) atoms. The van der Waals surface area contributed by atoms with Gasteiger partial charge in [-0.3, -0.25) is 4.79 Å². The van der Waals surface area contributed by atoms with Crippen LogP contribution in [0.5, 0.6) is 0 Å². The molecule has 0 saturated carbocycles. The molecule has 2 amide bonds. The molecule has 1 aliphatic heterocycles. The summed E-state index contributed by atoms with van der Waals surface area (Å²) >= 11 is 0. The van der Waals surface area contributed by atoms with Crippen LogP contribution in [0.4, 0.5) is 16.4 Å². The van der Waals surface area contributed by atoms with Gasteiger partial charge < -0.3 is 25.6 Å². The van der Waals surface area contributed by atoms with E-state index in [0.717, 1.165) is 22.0 Å². The highest BCUT2D eigenvalue weighted by Gasteiger charge is 2.32. The number of hydrogen-bond donors (Lipinski definition) is 4. The summed E-state index contributed by atoms with van der Waals surface area (Å²) in [5.41, 5.74) is 3.64. The van der Waals surface area contributed by atoms with Crippen molar-refractivity contribution in [2.24, 2.45) is 0 Å². The number of rotatable bonds is 8. The van der Waals surface area contributed by atoms with Crippen LogP contribution >= 0.6 is 0 Å². The van der Waals surface area contributed by atoms with Crippen LogP contribution in [-0.4, -0.2) is 70.3 Å². The first kappa shape index (κ1) is 26.9. The number of hydrogen-bond acceptors (Lipinski definition) is 7. The molecule has 0 aliphatic carbocycles. The van der Waals surface area contributed by atoms with E-state index < -0.39 is 21.2 Å². The number of carbonyl (C=O) groups is 2. The Morgan fingerprint density at radius 3 is 2.45 bits per heavy atom. The number of likely N-dealkylation sites (tertiary alicyclic amines) is 1. The van der Waals surface area contributed by atoms with Crippen LogP contribution < -0.4 is 10.6 Å². The number of nitrogens with one attached hydrogen (secondary N) is 3. The van der Waals surface area contributed by atoms with Gasteiger partial charge in [0.05, 0.1) is 10.1 Å². The van der Waals surface area contributed by atoms with Gasteiger partial charge >= 0.3 is 6.09 Å². The first-order chi connectivity index (χ1) is 19.3. The van der Waals surface area contributed by atoms with E-state index in [-0.39, 0.29) is 43.3 Å². The topological polar surface area (TPSA) is 157 Å². The number of benzene rings is 2. The highest BCUT2D eigenvalue weighted by Crippen LogP contribution is 2.26. The van der Waals surface area contributed by atoms with Gasteiger partial charge in [-0.2, -0.15) is 0 Å². The number of aromatic nitrogens is 3. The average Bonchev–Trinajstić information content (AvgIpc) is 3.46. The molecule has 2 aromatic carbocycles. The second-order valence-corrected chi connectivity index (χ2v) is 11.6. The summed E-state index contributed by atoms with van der Waals surface area (Å²) < 4.78 is 26.3. The predicted molar refractivity (Wildman–Crippen MR) is 152 cm³/mol. The third kappa shape index (κ3) is 6.12. The second-order valence-electron chi connectivity index (χ2n) is 9.39. The van der Waals surface area contributed by atoms with Gasteiger partial charge in [0.25, 0.3) is 0 Å². The molecule has 1 aliphatic rings. The van der Waals surface area contributed by atoms with Gasteiger partial charge in [0, 0.05) is 53.8 Å². The molecule has 12 heteroatoms. The zero-order chi connectivity index (χ0) is 28.1. The standard InChI is InChI=1S/C28H28N6O5S/c35-26(18-32-28(36)37)34-14-11-23(12-15-34)40(38,39)22-8-6-21(7-9-22)33-27-30-16-19(17-31-27)4-5-20-2-1-3-25-24(20)10-13-29-25/h1-10,13,16-17,23,29,32H,11-12,14-15,18H2,(H,36,37)(H,30,31,33)/b5-4+. The van der Waals surface area contributed by atoms with Crippen LogP contribution in [0.15, 0.2) is 72.0 Å². The highest BCUT2D eigenvalue weighted by atomic mass is 32.2. The maximum atomic E-state index is 13.2. The van der Waals surface area contributed by atoms with Crippen LogP contribution in [0.2, 0.25) is 0 Å². The number of carbonyl (C=O) groups excluding carboxylic acids is 1. The molecule has 0 bridgehead atoms. The lowest BCUT2D eigenvalue weighted by Crippen LogP contribution is -2.46. The number of carboxylic acid groups (broad SMARTS) is 1. The first-order valence-electron chi connectivity index (χ1n) is 12.7. The zero-order valence-corrected chi connectivity index (χ0v) is 22.3. The molecule has 0 spiro atoms. The monoisotopic (exact) mass is 560 g/mol. The van der Waals surface area contributed by atoms with Crippen LogP contribution in [0.25, 0.3) is 23.1 Å². The van der Waals surface area contributed by atoms with Gasteiger partial charge in [-0.25, -0.2) is 23.2 Å². The quantitative estimate of drug-likeness (QED) is 0.253. The SMILES string of the molecule is O=C(O)NCC(=O)N1CCC(S(=O)(=O)c2ccc(Nc3ncc(/C=C/c4cccc5[nH]ccc45)cn3)cc2)CC1. The van der Waals surface area contributed by atoms with Crippen molar-refractivity contribution in [1.82, 2.24) is 25.2 Å². The Morgan fingerprint density at radius 1 is 1.02 bits per heavy atom. The maximum absolute atomic E-state index is 13.2. The molecule has 4 N–H and O–H groups in total. The Bertz CT molecular complexity index is 1640. The summed E-state index contributed by atoms with van der Waals surface area (Å²) in [6, 6.07) is 14.5. The molecule has 0 atom stereocenters. The number of fused-ring (bicyclic) bond motifs is 1. The van der Waals surface area contributed by atoms with E-state index in [4.69, 9.17) is 5.11 Å². The Kier molecular flexibility index (Phi) is 7.78. The number of anilines is 2. The Labute approximate surface area is 230 Å². The molecular weight excluding hydrogens is 532 g/mol. The van der Waals surface area contributed by atoms with Crippen LogP contribution in [0.3, 0.4) is 0 Å².